The summed E-state index contributed by atoms with van der Waals surface area (Å²) in [5.74, 6) is -3.42. The van der Waals surface area contributed by atoms with Crippen LogP contribution in [-0.4, -0.2) is 11.9 Å². The molecular weight excluding hydrogens is 429 g/mol. The largest absolute Gasteiger partial charge is 0.549 e. The average Bonchev–Trinajstić information content (AvgIpc) is 2.62. The van der Waals surface area contributed by atoms with Gasteiger partial charge < -0.3 is 19.8 Å². The Balaban J connectivity index is 2.06. The standard InChI is InChI=1S/C20H18ClF3O4S/c1-19(17(25)26,18(27)28)9-3-4-12-7-8-15(11-16(12)21)29-14-6-2-5-13(10-14)20(22,23)24/h2,5-8,10-11H,3-4,9H2,1H3,(H,25,26)(H,27,28)/p-2. The Labute approximate surface area is 174 Å². The van der Waals surface area contributed by atoms with E-state index in [4.69, 9.17) is 11.6 Å². The lowest BCUT2D eigenvalue weighted by Crippen LogP contribution is -2.52. The number of hydrogen-bond acceptors (Lipinski definition) is 5. The van der Waals surface area contributed by atoms with Gasteiger partial charge in [-0.3, -0.25) is 0 Å². The first-order chi connectivity index (χ1) is 13.4. The van der Waals surface area contributed by atoms with Crippen LogP contribution in [0.2, 0.25) is 5.02 Å². The van der Waals surface area contributed by atoms with E-state index in [0.29, 0.717) is 26.8 Å². The van der Waals surface area contributed by atoms with E-state index in [0.717, 1.165) is 30.8 Å². The van der Waals surface area contributed by atoms with Gasteiger partial charge >= 0.3 is 6.18 Å². The Bertz CT molecular complexity index is 901. The van der Waals surface area contributed by atoms with Crippen LogP contribution in [0.25, 0.3) is 0 Å². The van der Waals surface area contributed by atoms with Crippen molar-refractivity contribution < 1.29 is 33.0 Å². The van der Waals surface area contributed by atoms with Crippen molar-refractivity contribution in [1.82, 2.24) is 0 Å². The molecule has 0 N–H and O–H groups in total. The zero-order chi connectivity index (χ0) is 21.8. The van der Waals surface area contributed by atoms with Gasteiger partial charge in [-0.15, -0.1) is 0 Å². The molecular formula is C20H16ClF3O4S-2. The van der Waals surface area contributed by atoms with Gasteiger partial charge in [-0.05, 0) is 62.1 Å². The van der Waals surface area contributed by atoms with E-state index < -0.39 is 29.1 Å². The zero-order valence-corrected chi connectivity index (χ0v) is 16.8. The summed E-state index contributed by atoms with van der Waals surface area (Å²) >= 11 is 7.34. The van der Waals surface area contributed by atoms with Gasteiger partial charge in [-0.2, -0.15) is 13.2 Å². The first kappa shape index (κ1) is 23.1. The van der Waals surface area contributed by atoms with Crippen molar-refractivity contribution in [3.8, 4) is 0 Å². The number of benzene rings is 2. The summed E-state index contributed by atoms with van der Waals surface area (Å²) in [4.78, 5) is 23.1. The maximum Gasteiger partial charge on any atom is 0.416 e. The third-order valence-electron chi connectivity index (χ3n) is 4.45. The molecule has 2 aromatic rings. The number of alkyl halides is 3. The maximum atomic E-state index is 12.8. The number of carbonyl (C=O) groups excluding carboxylic acids is 2. The Morgan fingerprint density at radius 3 is 2.21 bits per heavy atom. The quantitative estimate of drug-likeness (QED) is 0.583. The van der Waals surface area contributed by atoms with Gasteiger partial charge in [-0.1, -0.05) is 35.5 Å². The van der Waals surface area contributed by atoms with Crippen LogP contribution in [0.3, 0.4) is 0 Å². The van der Waals surface area contributed by atoms with Gasteiger partial charge in [0.25, 0.3) is 0 Å². The van der Waals surface area contributed by atoms with Crippen LogP contribution in [-0.2, 0) is 22.2 Å². The van der Waals surface area contributed by atoms with Crippen LogP contribution in [0.4, 0.5) is 13.2 Å². The van der Waals surface area contributed by atoms with Crippen LogP contribution in [0.1, 0.15) is 30.9 Å². The topological polar surface area (TPSA) is 80.3 Å². The fourth-order valence-electron chi connectivity index (χ4n) is 2.59. The van der Waals surface area contributed by atoms with E-state index >= 15 is 0 Å². The molecule has 4 nitrogen and oxygen atoms in total. The van der Waals surface area contributed by atoms with Crippen molar-refractivity contribution in [3.63, 3.8) is 0 Å². The number of carboxylic acid groups (broad SMARTS) is 2. The number of carboxylic acids is 2. The lowest BCUT2D eigenvalue weighted by atomic mass is 9.84. The second-order valence-corrected chi connectivity index (χ2v) is 8.20. The zero-order valence-electron chi connectivity index (χ0n) is 15.2. The molecule has 0 atom stereocenters. The molecule has 0 heterocycles. The summed E-state index contributed by atoms with van der Waals surface area (Å²) < 4.78 is 38.4. The first-order valence-electron chi connectivity index (χ1n) is 8.50. The predicted octanol–water partition coefficient (Wildman–Crippen LogP) is 3.34. The highest BCUT2D eigenvalue weighted by molar-refractivity contribution is 7.99. The summed E-state index contributed by atoms with van der Waals surface area (Å²) in [7, 11) is 0. The molecule has 0 unspecified atom stereocenters. The highest BCUT2D eigenvalue weighted by atomic mass is 35.5. The van der Waals surface area contributed by atoms with Crippen molar-refractivity contribution in [3.05, 3.63) is 58.6 Å². The molecule has 0 amide bonds. The molecule has 0 fully saturated rings. The number of hydrogen-bond donors (Lipinski definition) is 0. The van der Waals surface area contributed by atoms with Gasteiger partial charge in [0.1, 0.15) is 0 Å². The second-order valence-electron chi connectivity index (χ2n) is 6.64. The number of halogens is 4. The number of rotatable bonds is 8. The average molecular weight is 445 g/mol. The molecule has 29 heavy (non-hydrogen) atoms. The van der Waals surface area contributed by atoms with E-state index in [9.17, 15) is 33.0 Å². The van der Waals surface area contributed by atoms with Crippen LogP contribution >= 0.6 is 23.4 Å². The van der Waals surface area contributed by atoms with Crippen molar-refractivity contribution in [2.75, 3.05) is 0 Å². The van der Waals surface area contributed by atoms with Gasteiger partial charge in [0.15, 0.2) is 0 Å². The molecule has 156 valence electrons. The number of aliphatic carboxylic acids is 2. The smallest absolute Gasteiger partial charge is 0.416 e. The van der Waals surface area contributed by atoms with E-state index in [1.54, 1.807) is 24.3 Å². The van der Waals surface area contributed by atoms with Crippen LogP contribution in [0, 0.1) is 5.41 Å². The molecule has 0 aliphatic heterocycles. The number of aryl methyl sites for hydroxylation is 1. The lowest BCUT2D eigenvalue weighted by molar-refractivity contribution is -0.342. The highest BCUT2D eigenvalue weighted by Crippen LogP contribution is 2.36. The molecule has 0 saturated carbocycles. The molecule has 0 aliphatic carbocycles. The maximum absolute atomic E-state index is 12.8. The monoisotopic (exact) mass is 444 g/mol. The second kappa shape index (κ2) is 9.09. The van der Waals surface area contributed by atoms with E-state index in [1.807, 2.05) is 0 Å². The van der Waals surface area contributed by atoms with Crippen molar-refractivity contribution in [2.24, 2.45) is 5.41 Å². The fraction of sp³-hybridized carbons (Fsp3) is 0.300. The molecule has 0 spiro atoms. The van der Waals surface area contributed by atoms with Crippen LogP contribution in [0.15, 0.2) is 52.3 Å². The summed E-state index contributed by atoms with van der Waals surface area (Å²) in [5, 5.41) is 22.4. The predicted molar refractivity (Wildman–Crippen MR) is 98.1 cm³/mol. The normalized spacial score (nSPS) is 12.0. The minimum atomic E-state index is -4.43. The molecule has 2 rings (SSSR count). The molecule has 2 aromatic carbocycles. The molecule has 0 aliphatic rings. The highest BCUT2D eigenvalue weighted by Gasteiger charge is 2.30. The van der Waals surface area contributed by atoms with Crippen LogP contribution < -0.4 is 10.2 Å². The summed E-state index contributed by atoms with van der Waals surface area (Å²) in [6.07, 6.45) is -4.07. The first-order valence-corrected chi connectivity index (χ1v) is 9.69. The van der Waals surface area contributed by atoms with E-state index in [-0.39, 0.29) is 12.8 Å². The Morgan fingerprint density at radius 2 is 1.66 bits per heavy atom. The van der Waals surface area contributed by atoms with Crippen molar-refractivity contribution >= 4 is 35.3 Å². The Hall–Kier alpha value is -2.19. The Morgan fingerprint density at radius 1 is 1.03 bits per heavy atom. The molecule has 0 bridgehead atoms. The minimum absolute atomic E-state index is 0.186. The molecule has 9 heteroatoms. The lowest BCUT2D eigenvalue weighted by Gasteiger charge is -2.31. The Kier molecular flexibility index (Phi) is 7.24. The van der Waals surface area contributed by atoms with Crippen molar-refractivity contribution in [1.29, 1.82) is 0 Å². The third-order valence-corrected chi connectivity index (χ3v) is 5.78. The molecule has 0 saturated heterocycles. The summed E-state index contributed by atoms with van der Waals surface area (Å²) in [6.45, 7) is 1.04. The number of carbonyl (C=O) groups is 2. The third kappa shape index (κ3) is 5.90. The van der Waals surface area contributed by atoms with Gasteiger partial charge in [0.05, 0.1) is 17.5 Å². The molecule has 0 radical (unpaired) electrons. The summed E-state index contributed by atoms with van der Waals surface area (Å²) in [6, 6.07) is 9.88. The fourth-order valence-corrected chi connectivity index (χ4v) is 3.84. The molecule has 0 aromatic heterocycles. The summed E-state index contributed by atoms with van der Waals surface area (Å²) in [5.41, 5.74) is -2.17. The minimum Gasteiger partial charge on any atom is -0.549 e. The van der Waals surface area contributed by atoms with E-state index in [2.05, 4.69) is 0 Å². The van der Waals surface area contributed by atoms with Gasteiger partial charge in [-0.25, -0.2) is 0 Å². The van der Waals surface area contributed by atoms with Crippen LogP contribution in [0.5, 0.6) is 0 Å². The van der Waals surface area contributed by atoms with E-state index in [1.165, 1.54) is 6.07 Å². The van der Waals surface area contributed by atoms with Gasteiger partial charge in [0, 0.05) is 20.2 Å². The SMILES string of the molecule is CC(CCCc1ccc(Sc2cccc(C(F)(F)F)c2)cc1Cl)(C(=O)[O-])C(=O)[O-]. The van der Waals surface area contributed by atoms with Crippen molar-refractivity contribution in [2.45, 2.75) is 42.2 Å². The van der Waals surface area contributed by atoms with Gasteiger partial charge in [0.2, 0.25) is 0 Å².